The van der Waals surface area contributed by atoms with Crippen LogP contribution in [0.5, 0.6) is 5.75 Å². The number of thiophene rings is 1. The van der Waals surface area contributed by atoms with E-state index < -0.39 is 5.97 Å². The Morgan fingerprint density at radius 1 is 1.05 bits per heavy atom. The van der Waals surface area contributed by atoms with Crippen LogP contribution in [0.1, 0.15) is 32.9 Å². The molecule has 1 amide bonds. The molecule has 0 aliphatic heterocycles. The lowest BCUT2D eigenvalue weighted by molar-refractivity contribution is -0.113. The minimum atomic E-state index is -0.494. The third-order valence-corrected chi connectivity index (χ3v) is 7.74. The number of hydrogen-bond acceptors (Lipinski definition) is 8. The van der Waals surface area contributed by atoms with E-state index in [1.54, 1.807) is 4.57 Å². The van der Waals surface area contributed by atoms with Gasteiger partial charge in [0.2, 0.25) is 5.91 Å². The van der Waals surface area contributed by atoms with Crippen LogP contribution < -0.4 is 10.1 Å². The number of carbonyl (C=O) groups excluding carboxylic acids is 2. The zero-order valence-electron chi connectivity index (χ0n) is 21.3. The average molecular weight is 537 g/mol. The third kappa shape index (κ3) is 6.03. The van der Waals surface area contributed by atoms with Crippen LogP contribution in [0.15, 0.2) is 53.0 Å². The van der Waals surface area contributed by atoms with E-state index in [1.807, 2.05) is 75.7 Å². The first-order valence-electron chi connectivity index (χ1n) is 11.5. The minimum absolute atomic E-state index is 0.0991. The first-order valence-corrected chi connectivity index (χ1v) is 13.4. The number of anilines is 1. The molecule has 1 N–H and O–H groups in total. The summed E-state index contributed by atoms with van der Waals surface area (Å²) in [6, 6.07) is 13.8. The third-order valence-electron chi connectivity index (χ3n) is 5.82. The monoisotopic (exact) mass is 536 g/mol. The van der Waals surface area contributed by atoms with Crippen LogP contribution >= 0.6 is 23.1 Å². The molecule has 0 saturated carbocycles. The Morgan fingerprint density at radius 2 is 1.84 bits per heavy atom. The zero-order chi connectivity index (χ0) is 26.5. The molecule has 0 radical (unpaired) electrons. The van der Waals surface area contributed by atoms with Gasteiger partial charge in [0.15, 0.2) is 11.0 Å². The Kier molecular flexibility index (Phi) is 8.30. The zero-order valence-corrected chi connectivity index (χ0v) is 23.0. The summed E-state index contributed by atoms with van der Waals surface area (Å²) in [5, 5.41) is 14.2. The van der Waals surface area contributed by atoms with Gasteiger partial charge in [-0.3, -0.25) is 4.79 Å². The van der Waals surface area contributed by atoms with Gasteiger partial charge in [-0.05, 0) is 43.5 Å². The van der Waals surface area contributed by atoms with Crippen molar-refractivity contribution in [3.63, 3.8) is 0 Å². The molecule has 192 valence electrons. The first kappa shape index (κ1) is 26.4. The quantitative estimate of drug-likeness (QED) is 0.221. The number of ether oxygens (including phenoxy) is 2. The molecule has 0 atom stereocenters. The number of aromatic nitrogens is 3. The first-order chi connectivity index (χ1) is 17.8. The van der Waals surface area contributed by atoms with Gasteiger partial charge < -0.3 is 19.4 Å². The maximum Gasteiger partial charge on any atom is 0.341 e. The topological polar surface area (TPSA) is 95.3 Å². The number of amides is 1. The van der Waals surface area contributed by atoms with Crippen LogP contribution in [-0.2, 0) is 23.2 Å². The van der Waals surface area contributed by atoms with Gasteiger partial charge in [0.1, 0.15) is 22.9 Å². The normalized spacial score (nSPS) is 10.8. The Morgan fingerprint density at radius 3 is 2.59 bits per heavy atom. The van der Waals surface area contributed by atoms with E-state index in [2.05, 4.69) is 15.5 Å². The highest BCUT2D eigenvalue weighted by Crippen LogP contribution is 2.38. The molecule has 0 aliphatic carbocycles. The summed E-state index contributed by atoms with van der Waals surface area (Å²) in [6.45, 7) is 6.24. The SMILES string of the molecule is COC(=O)c1c(-c2cc(C)ccc2C)csc1NC(=O)CSc1nnc(COc2ccccc2C)n1C. The highest BCUT2D eigenvalue weighted by Gasteiger charge is 2.23. The molecule has 0 spiro atoms. The number of benzene rings is 2. The molecule has 2 aromatic carbocycles. The van der Waals surface area contributed by atoms with Gasteiger partial charge in [0.05, 0.1) is 12.9 Å². The summed E-state index contributed by atoms with van der Waals surface area (Å²) < 4.78 is 12.7. The van der Waals surface area contributed by atoms with E-state index in [9.17, 15) is 9.59 Å². The van der Waals surface area contributed by atoms with E-state index in [0.29, 0.717) is 21.5 Å². The molecule has 37 heavy (non-hydrogen) atoms. The largest absolute Gasteiger partial charge is 0.485 e. The highest BCUT2D eigenvalue weighted by atomic mass is 32.2. The number of nitrogens with one attached hydrogen (secondary N) is 1. The Bertz CT molecular complexity index is 1440. The summed E-state index contributed by atoms with van der Waals surface area (Å²) in [7, 11) is 3.17. The van der Waals surface area contributed by atoms with Crippen molar-refractivity contribution in [2.45, 2.75) is 32.5 Å². The van der Waals surface area contributed by atoms with Crippen LogP contribution in [0.2, 0.25) is 0 Å². The van der Waals surface area contributed by atoms with Crippen molar-refractivity contribution in [3.8, 4) is 16.9 Å². The van der Waals surface area contributed by atoms with Crippen molar-refractivity contribution in [3.05, 3.63) is 75.9 Å². The van der Waals surface area contributed by atoms with Crippen molar-refractivity contribution >= 4 is 40.0 Å². The molecule has 0 saturated heterocycles. The molecule has 0 fully saturated rings. The van der Waals surface area contributed by atoms with Crippen molar-refractivity contribution in [2.24, 2.45) is 7.05 Å². The lowest BCUT2D eigenvalue weighted by atomic mass is 9.97. The van der Waals surface area contributed by atoms with Gasteiger partial charge in [-0.25, -0.2) is 4.79 Å². The second-order valence-corrected chi connectivity index (χ2v) is 10.3. The summed E-state index contributed by atoms with van der Waals surface area (Å²) in [4.78, 5) is 25.5. The van der Waals surface area contributed by atoms with E-state index in [0.717, 1.165) is 33.6 Å². The Labute approximate surface area is 224 Å². The molecule has 4 rings (SSSR count). The molecule has 0 aliphatic rings. The Balaban J connectivity index is 1.43. The van der Waals surface area contributed by atoms with Crippen LogP contribution in [0.4, 0.5) is 5.00 Å². The lowest BCUT2D eigenvalue weighted by Gasteiger charge is -2.10. The minimum Gasteiger partial charge on any atom is -0.485 e. The number of methoxy groups -OCH3 is 1. The highest BCUT2D eigenvalue weighted by molar-refractivity contribution is 7.99. The van der Waals surface area contributed by atoms with Gasteiger partial charge in [-0.1, -0.05) is 53.7 Å². The summed E-state index contributed by atoms with van der Waals surface area (Å²) in [5.74, 6) is 0.784. The van der Waals surface area contributed by atoms with Crippen LogP contribution in [0, 0.1) is 20.8 Å². The van der Waals surface area contributed by atoms with E-state index in [-0.39, 0.29) is 18.3 Å². The van der Waals surface area contributed by atoms with Crippen molar-refractivity contribution < 1.29 is 19.1 Å². The predicted molar refractivity (Wildman–Crippen MR) is 146 cm³/mol. The standard InChI is InChI=1S/C27H28N4O4S2/c1-16-10-11-17(2)19(12-16)20-14-36-25(24(20)26(33)34-5)28-23(32)15-37-27-30-29-22(31(27)4)13-35-21-9-7-6-8-18(21)3/h6-12,14H,13,15H2,1-5H3,(H,28,32). The number of esters is 1. The van der Waals surface area contributed by atoms with Crippen molar-refractivity contribution in [1.29, 1.82) is 0 Å². The second kappa shape index (κ2) is 11.6. The van der Waals surface area contributed by atoms with Gasteiger partial charge in [-0.2, -0.15) is 0 Å². The lowest BCUT2D eigenvalue weighted by Crippen LogP contribution is -2.16. The van der Waals surface area contributed by atoms with E-state index in [4.69, 9.17) is 9.47 Å². The number of thioether (sulfide) groups is 1. The van der Waals surface area contributed by atoms with Crippen molar-refractivity contribution in [1.82, 2.24) is 14.8 Å². The molecule has 2 heterocycles. The van der Waals surface area contributed by atoms with E-state index in [1.165, 1.54) is 30.2 Å². The second-order valence-electron chi connectivity index (χ2n) is 8.51. The van der Waals surface area contributed by atoms with Crippen LogP contribution in [0.25, 0.3) is 11.1 Å². The molecule has 0 bridgehead atoms. The fourth-order valence-electron chi connectivity index (χ4n) is 3.73. The predicted octanol–water partition coefficient (Wildman–Crippen LogP) is 5.57. The number of para-hydroxylation sites is 1. The molecule has 2 aromatic heterocycles. The summed E-state index contributed by atoms with van der Waals surface area (Å²) in [5.41, 5.74) is 5.19. The molecular weight excluding hydrogens is 508 g/mol. The maximum atomic E-state index is 12.8. The molecular formula is C27H28N4O4S2. The summed E-state index contributed by atoms with van der Waals surface area (Å²) >= 11 is 2.56. The maximum absolute atomic E-state index is 12.8. The fraction of sp³-hybridized carbons (Fsp3) is 0.259. The van der Waals surface area contributed by atoms with Gasteiger partial charge in [0.25, 0.3) is 0 Å². The molecule has 0 unspecified atom stereocenters. The van der Waals surface area contributed by atoms with Gasteiger partial charge >= 0.3 is 5.97 Å². The average Bonchev–Trinajstić information content (AvgIpc) is 3.46. The molecule has 8 nitrogen and oxygen atoms in total. The summed E-state index contributed by atoms with van der Waals surface area (Å²) in [6.07, 6.45) is 0. The smallest absolute Gasteiger partial charge is 0.341 e. The van der Waals surface area contributed by atoms with Crippen molar-refractivity contribution in [2.75, 3.05) is 18.2 Å². The van der Waals surface area contributed by atoms with Gasteiger partial charge in [0, 0.05) is 18.0 Å². The molecule has 10 heteroatoms. The van der Waals surface area contributed by atoms with E-state index >= 15 is 0 Å². The van der Waals surface area contributed by atoms with Crippen LogP contribution in [0.3, 0.4) is 0 Å². The number of hydrogen-bond donors (Lipinski definition) is 1. The Hall–Kier alpha value is -3.63. The van der Waals surface area contributed by atoms with Crippen LogP contribution in [-0.4, -0.2) is 39.5 Å². The number of carbonyl (C=O) groups is 2. The fourth-order valence-corrected chi connectivity index (χ4v) is 5.42. The van der Waals surface area contributed by atoms with Gasteiger partial charge in [-0.15, -0.1) is 21.5 Å². The number of aryl methyl sites for hydroxylation is 3. The molecule has 4 aromatic rings. The number of nitrogens with zero attached hydrogens (tertiary/aromatic N) is 3. The number of rotatable bonds is 9.